The van der Waals surface area contributed by atoms with Crippen LogP contribution in [0.3, 0.4) is 0 Å². The highest BCUT2D eigenvalue weighted by atomic mass is 16.3. The number of anilines is 4. The molecule has 1 saturated carbocycles. The van der Waals surface area contributed by atoms with E-state index in [1.165, 1.54) is 12.8 Å². The summed E-state index contributed by atoms with van der Waals surface area (Å²) in [5.41, 5.74) is 2.24. The van der Waals surface area contributed by atoms with Crippen LogP contribution in [0.15, 0.2) is 24.5 Å². The highest BCUT2D eigenvalue weighted by Gasteiger charge is 2.25. The van der Waals surface area contributed by atoms with Crippen LogP contribution in [0.25, 0.3) is 0 Å². The molecule has 1 unspecified atom stereocenters. The van der Waals surface area contributed by atoms with Gasteiger partial charge < -0.3 is 25.5 Å². The zero-order chi connectivity index (χ0) is 19.6. The summed E-state index contributed by atoms with van der Waals surface area (Å²) in [6.07, 6.45) is 7.69. The maximum absolute atomic E-state index is 10.1. The van der Waals surface area contributed by atoms with E-state index < -0.39 is 0 Å². The van der Waals surface area contributed by atoms with Gasteiger partial charge in [-0.15, -0.1) is 0 Å². The van der Waals surface area contributed by atoms with E-state index >= 15 is 0 Å². The van der Waals surface area contributed by atoms with Crippen LogP contribution in [0.5, 0.6) is 0 Å². The Morgan fingerprint density at radius 2 is 1.83 bits per heavy atom. The molecule has 1 atom stereocenters. The quantitative estimate of drug-likeness (QED) is 0.707. The van der Waals surface area contributed by atoms with Crippen molar-refractivity contribution in [1.29, 1.82) is 0 Å². The zero-order valence-electron chi connectivity index (χ0n) is 16.7. The molecule has 3 aliphatic rings. The predicted molar refractivity (Wildman–Crippen MR) is 114 cm³/mol. The maximum atomic E-state index is 10.1. The fraction of sp³-hybridized carbons (Fsp3) is 0.571. The molecular formula is C21H29N7O. The SMILES string of the molecule is OC1CCCN(c2cc(N3CCNCC3)cc(Nc3cnc(C4CC4)cn3)n2)C1. The fourth-order valence-electron chi connectivity index (χ4n) is 4.12. The molecule has 4 heterocycles. The lowest BCUT2D eigenvalue weighted by atomic mass is 10.1. The topological polar surface area (TPSA) is 89.4 Å². The van der Waals surface area contributed by atoms with Crippen molar-refractivity contribution in [3.05, 3.63) is 30.2 Å². The molecule has 2 aliphatic heterocycles. The number of piperazine rings is 1. The van der Waals surface area contributed by atoms with Gasteiger partial charge in [0.15, 0.2) is 0 Å². The molecule has 0 radical (unpaired) electrons. The highest BCUT2D eigenvalue weighted by Crippen LogP contribution is 2.38. The molecule has 2 aromatic rings. The second kappa shape index (κ2) is 8.12. The van der Waals surface area contributed by atoms with Crippen molar-refractivity contribution in [1.82, 2.24) is 20.3 Å². The van der Waals surface area contributed by atoms with Crippen molar-refractivity contribution in [3.63, 3.8) is 0 Å². The van der Waals surface area contributed by atoms with E-state index in [9.17, 15) is 5.11 Å². The van der Waals surface area contributed by atoms with Gasteiger partial charge in [0.05, 0.1) is 24.2 Å². The maximum Gasteiger partial charge on any atom is 0.150 e. The molecule has 0 spiro atoms. The van der Waals surface area contributed by atoms with Crippen LogP contribution in [0, 0.1) is 0 Å². The Bertz CT molecular complexity index is 833. The molecule has 8 nitrogen and oxygen atoms in total. The van der Waals surface area contributed by atoms with E-state index in [0.717, 1.165) is 68.6 Å². The number of nitrogens with one attached hydrogen (secondary N) is 2. The summed E-state index contributed by atoms with van der Waals surface area (Å²) in [4.78, 5) is 18.5. The molecule has 29 heavy (non-hydrogen) atoms. The average Bonchev–Trinajstić information content (AvgIpc) is 3.60. The van der Waals surface area contributed by atoms with Gasteiger partial charge in [0.1, 0.15) is 17.5 Å². The summed E-state index contributed by atoms with van der Waals surface area (Å²) in [5.74, 6) is 2.99. The van der Waals surface area contributed by atoms with Crippen molar-refractivity contribution in [3.8, 4) is 0 Å². The normalized spacial score (nSPS) is 22.6. The largest absolute Gasteiger partial charge is 0.391 e. The molecule has 2 saturated heterocycles. The van der Waals surface area contributed by atoms with Crippen molar-refractivity contribution in [2.75, 3.05) is 54.4 Å². The minimum absolute atomic E-state index is 0.286. The van der Waals surface area contributed by atoms with Crippen LogP contribution < -0.4 is 20.4 Å². The standard InChI is InChI=1S/C21H29N7O/c29-17-2-1-7-28(14-17)21-11-16(27-8-5-22-6-9-27)10-19(26-21)25-20-13-23-18(12-24-20)15-3-4-15/h10-13,15,17,22,29H,1-9,14H2,(H,24,25,26). The Kier molecular flexibility index (Phi) is 5.20. The molecule has 154 valence electrons. The van der Waals surface area contributed by atoms with E-state index in [-0.39, 0.29) is 6.10 Å². The molecule has 3 fully saturated rings. The monoisotopic (exact) mass is 395 g/mol. The van der Waals surface area contributed by atoms with Gasteiger partial charge in [-0.2, -0.15) is 0 Å². The number of aliphatic hydroxyl groups is 1. The summed E-state index contributed by atoms with van der Waals surface area (Å²) >= 11 is 0. The lowest BCUT2D eigenvalue weighted by molar-refractivity contribution is 0.154. The van der Waals surface area contributed by atoms with Crippen LogP contribution in [-0.2, 0) is 0 Å². The molecule has 0 aromatic carbocycles. The molecule has 0 amide bonds. The van der Waals surface area contributed by atoms with Crippen LogP contribution in [0.1, 0.15) is 37.3 Å². The minimum atomic E-state index is -0.286. The molecular weight excluding hydrogens is 366 g/mol. The number of hydrogen-bond donors (Lipinski definition) is 3. The third-order valence-electron chi connectivity index (χ3n) is 5.92. The van der Waals surface area contributed by atoms with Gasteiger partial charge >= 0.3 is 0 Å². The Labute approximate surface area is 171 Å². The number of nitrogens with zero attached hydrogens (tertiary/aromatic N) is 5. The summed E-state index contributed by atoms with van der Waals surface area (Å²) in [7, 11) is 0. The number of β-amino-alcohol motifs (C(OH)–C–C–N with tert-alkyl or cyclic N) is 1. The lowest BCUT2D eigenvalue weighted by Gasteiger charge is -2.34. The first-order valence-electron chi connectivity index (χ1n) is 10.7. The van der Waals surface area contributed by atoms with E-state index in [1.54, 1.807) is 6.20 Å². The van der Waals surface area contributed by atoms with Gasteiger partial charge in [-0.1, -0.05) is 0 Å². The van der Waals surface area contributed by atoms with E-state index in [2.05, 4.69) is 42.5 Å². The zero-order valence-corrected chi connectivity index (χ0v) is 16.7. The van der Waals surface area contributed by atoms with Crippen LogP contribution in [-0.4, -0.2) is 65.4 Å². The predicted octanol–water partition coefficient (Wildman–Crippen LogP) is 1.86. The number of aliphatic hydroxyl groups excluding tert-OH is 1. The summed E-state index contributed by atoms with van der Waals surface area (Å²) in [5, 5.41) is 16.9. The average molecular weight is 396 g/mol. The number of rotatable bonds is 5. The molecule has 3 N–H and O–H groups in total. The number of hydrogen-bond acceptors (Lipinski definition) is 8. The summed E-state index contributed by atoms with van der Waals surface area (Å²) in [6, 6.07) is 4.24. The van der Waals surface area contributed by atoms with Gasteiger partial charge in [0.2, 0.25) is 0 Å². The van der Waals surface area contributed by atoms with E-state index in [0.29, 0.717) is 18.3 Å². The molecule has 2 aromatic heterocycles. The van der Waals surface area contributed by atoms with Crippen molar-refractivity contribution < 1.29 is 5.11 Å². The second-order valence-electron chi connectivity index (χ2n) is 8.27. The highest BCUT2D eigenvalue weighted by molar-refractivity contribution is 5.65. The van der Waals surface area contributed by atoms with Crippen LogP contribution in [0.4, 0.5) is 23.1 Å². The lowest BCUT2D eigenvalue weighted by Crippen LogP contribution is -2.43. The van der Waals surface area contributed by atoms with Gasteiger partial charge in [0, 0.05) is 63.0 Å². The molecule has 0 bridgehead atoms. The number of aromatic nitrogens is 3. The van der Waals surface area contributed by atoms with Gasteiger partial charge in [-0.25, -0.2) is 9.97 Å². The molecule has 1 aliphatic carbocycles. The van der Waals surface area contributed by atoms with Gasteiger partial charge in [-0.05, 0) is 25.7 Å². The van der Waals surface area contributed by atoms with Gasteiger partial charge in [0.25, 0.3) is 0 Å². The van der Waals surface area contributed by atoms with Crippen molar-refractivity contribution in [2.45, 2.75) is 37.7 Å². The van der Waals surface area contributed by atoms with E-state index in [1.807, 2.05) is 6.20 Å². The second-order valence-corrected chi connectivity index (χ2v) is 8.27. The third-order valence-corrected chi connectivity index (χ3v) is 5.92. The van der Waals surface area contributed by atoms with Crippen LogP contribution in [0.2, 0.25) is 0 Å². The first-order valence-corrected chi connectivity index (χ1v) is 10.7. The Morgan fingerprint density at radius 1 is 0.966 bits per heavy atom. The van der Waals surface area contributed by atoms with Crippen molar-refractivity contribution >= 4 is 23.1 Å². The third kappa shape index (κ3) is 4.43. The van der Waals surface area contributed by atoms with Crippen molar-refractivity contribution in [2.24, 2.45) is 0 Å². The van der Waals surface area contributed by atoms with Gasteiger partial charge in [-0.3, -0.25) is 4.98 Å². The first-order chi connectivity index (χ1) is 14.2. The molecule has 8 heteroatoms. The first kappa shape index (κ1) is 18.6. The number of piperidine rings is 1. The Hall–Kier alpha value is -2.45. The van der Waals surface area contributed by atoms with Crippen LogP contribution >= 0.6 is 0 Å². The fourth-order valence-corrected chi connectivity index (χ4v) is 4.12. The Morgan fingerprint density at radius 3 is 2.55 bits per heavy atom. The number of pyridine rings is 1. The van der Waals surface area contributed by atoms with E-state index in [4.69, 9.17) is 4.98 Å². The summed E-state index contributed by atoms with van der Waals surface area (Å²) < 4.78 is 0. The Balaban J connectivity index is 1.41. The smallest absolute Gasteiger partial charge is 0.150 e. The molecule has 5 rings (SSSR count). The minimum Gasteiger partial charge on any atom is -0.391 e. The summed E-state index contributed by atoms with van der Waals surface area (Å²) in [6.45, 7) is 5.47.